The summed E-state index contributed by atoms with van der Waals surface area (Å²) in [6, 6.07) is 12.3. The Morgan fingerprint density at radius 2 is 1.81 bits per heavy atom. The number of halogens is 1. The van der Waals surface area contributed by atoms with Gasteiger partial charge in [0.05, 0.1) is 29.5 Å². The van der Waals surface area contributed by atoms with E-state index in [2.05, 4.69) is 39.5 Å². The van der Waals surface area contributed by atoms with Crippen LogP contribution < -0.4 is 10.2 Å². The number of benzene rings is 2. The minimum Gasteiger partial charge on any atom is -0.471 e. The molecule has 0 aromatic heterocycles. The number of rotatable bonds is 4. The predicted octanol–water partition coefficient (Wildman–Crippen LogP) is 6.07. The summed E-state index contributed by atoms with van der Waals surface area (Å²) in [7, 11) is 0. The van der Waals surface area contributed by atoms with E-state index in [4.69, 9.17) is 21.1 Å². The van der Waals surface area contributed by atoms with Crippen molar-refractivity contribution >= 4 is 40.2 Å². The van der Waals surface area contributed by atoms with Gasteiger partial charge < -0.3 is 19.7 Å². The van der Waals surface area contributed by atoms with E-state index in [9.17, 15) is 4.79 Å². The smallest absolute Gasteiger partial charge is 0.256 e. The van der Waals surface area contributed by atoms with E-state index in [0.29, 0.717) is 29.0 Å². The lowest BCUT2D eigenvalue weighted by Crippen LogP contribution is -2.36. The summed E-state index contributed by atoms with van der Waals surface area (Å²) in [6.45, 7) is 3.60. The summed E-state index contributed by atoms with van der Waals surface area (Å²) in [5.41, 5.74) is 6.33. The average Bonchev–Trinajstić information content (AvgIpc) is 3.23. The van der Waals surface area contributed by atoms with Crippen LogP contribution in [0.4, 0.5) is 11.4 Å². The van der Waals surface area contributed by atoms with Gasteiger partial charge in [-0.25, -0.2) is 4.99 Å². The Hall–Kier alpha value is -3.09. The Labute approximate surface area is 216 Å². The summed E-state index contributed by atoms with van der Waals surface area (Å²) in [6.07, 6.45) is 10.0. The van der Waals surface area contributed by atoms with Crippen molar-refractivity contribution < 1.29 is 14.3 Å². The van der Waals surface area contributed by atoms with E-state index in [-0.39, 0.29) is 5.91 Å². The Morgan fingerprint density at radius 1 is 1.03 bits per heavy atom. The molecule has 36 heavy (non-hydrogen) atoms. The number of ether oxygens (including phenoxy) is 2. The zero-order valence-electron chi connectivity index (χ0n) is 20.3. The van der Waals surface area contributed by atoms with E-state index in [1.807, 2.05) is 24.3 Å². The summed E-state index contributed by atoms with van der Waals surface area (Å²) in [5, 5.41) is 3.57. The van der Waals surface area contributed by atoms with Crippen molar-refractivity contribution in [1.29, 1.82) is 0 Å². The summed E-state index contributed by atoms with van der Waals surface area (Å²) in [5.74, 6) is 1.04. The molecule has 6 nitrogen and oxygen atoms in total. The molecular formula is C29H30ClN3O3. The van der Waals surface area contributed by atoms with E-state index in [0.717, 1.165) is 54.4 Å². The monoisotopic (exact) mass is 503 g/mol. The molecule has 3 aliphatic heterocycles. The summed E-state index contributed by atoms with van der Waals surface area (Å²) >= 11 is 6.67. The molecule has 2 fully saturated rings. The van der Waals surface area contributed by atoms with Crippen molar-refractivity contribution in [3.8, 4) is 11.1 Å². The molecule has 4 aliphatic rings. The van der Waals surface area contributed by atoms with Gasteiger partial charge in [0.2, 0.25) is 0 Å². The number of hydrogen-bond acceptors (Lipinski definition) is 5. The quantitative estimate of drug-likeness (QED) is 0.514. The lowest BCUT2D eigenvalue weighted by molar-refractivity contribution is -0.110. The molecular weight excluding hydrogens is 474 g/mol. The maximum absolute atomic E-state index is 12.9. The molecule has 1 saturated carbocycles. The van der Waals surface area contributed by atoms with Gasteiger partial charge in [-0.2, -0.15) is 0 Å². The highest BCUT2D eigenvalue weighted by Crippen LogP contribution is 2.41. The number of carbonyl (C=O) groups is 1. The number of fused-ring (bicyclic) bond motifs is 1. The van der Waals surface area contributed by atoms with Crippen molar-refractivity contribution in [3.63, 3.8) is 0 Å². The third kappa shape index (κ3) is 4.67. The zero-order valence-corrected chi connectivity index (χ0v) is 21.0. The van der Waals surface area contributed by atoms with Gasteiger partial charge in [0.25, 0.3) is 5.91 Å². The first-order valence-corrected chi connectivity index (χ1v) is 13.2. The van der Waals surface area contributed by atoms with Crippen molar-refractivity contribution in [2.75, 3.05) is 43.3 Å². The Balaban J connectivity index is 1.29. The molecule has 2 aromatic rings. The predicted molar refractivity (Wildman–Crippen MR) is 145 cm³/mol. The Kier molecular flexibility index (Phi) is 6.55. The SMILES string of the molecule is O=C1Nc2cc(Cl)c(-c3ccc(N4CCOCC4)cc3)cc2/C1=C/C1=CC(C2CCCCC2)=NCO1. The zero-order chi connectivity index (χ0) is 24.5. The number of aliphatic imine (C=N–C) groups is 1. The van der Waals surface area contributed by atoms with Crippen LogP contribution in [0.2, 0.25) is 5.02 Å². The normalized spacial score (nSPS) is 21.5. The van der Waals surface area contributed by atoms with Crippen LogP contribution in [0, 0.1) is 5.92 Å². The number of anilines is 2. The second-order valence-corrected chi connectivity index (χ2v) is 10.2. The number of allylic oxidation sites excluding steroid dienone is 2. The molecule has 0 spiro atoms. The molecule has 1 N–H and O–H groups in total. The topological polar surface area (TPSA) is 63.2 Å². The van der Waals surface area contributed by atoms with Gasteiger partial charge in [0.1, 0.15) is 5.76 Å². The Bertz CT molecular complexity index is 1250. The molecule has 1 aliphatic carbocycles. The van der Waals surface area contributed by atoms with Crippen LogP contribution in [-0.4, -0.2) is 44.7 Å². The van der Waals surface area contributed by atoms with Gasteiger partial charge in [-0.05, 0) is 48.7 Å². The summed E-state index contributed by atoms with van der Waals surface area (Å²) < 4.78 is 11.3. The molecule has 186 valence electrons. The van der Waals surface area contributed by atoms with Crippen LogP contribution in [0.3, 0.4) is 0 Å². The van der Waals surface area contributed by atoms with E-state index >= 15 is 0 Å². The molecule has 6 rings (SSSR count). The first kappa shape index (κ1) is 23.3. The number of nitrogens with one attached hydrogen (secondary N) is 1. The van der Waals surface area contributed by atoms with Gasteiger partial charge in [0.15, 0.2) is 6.73 Å². The standard InChI is InChI=1S/C29H30ClN3O3/c30-26-17-28-24(16-23(26)19-6-8-21(9-7-19)33-10-12-35-13-11-33)25(29(34)32-28)14-22-15-27(31-18-36-22)20-4-2-1-3-5-20/h6-9,14-17,20H,1-5,10-13,18H2,(H,32,34)/b25-14-. The minimum atomic E-state index is -0.146. The number of nitrogens with zero attached hydrogens (tertiary/aromatic N) is 2. The lowest BCUT2D eigenvalue weighted by atomic mass is 9.85. The highest BCUT2D eigenvalue weighted by molar-refractivity contribution is 6.36. The maximum atomic E-state index is 12.9. The van der Waals surface area contributed by atoms with Gasteiger partial charge in [-0.3, -0.25) is 4.79 Å². The van der Waals surface area contributed by atoms with Crippen LogP contribution in [0.15, 0.2) is 59.3 Å². The highest BCUT2D eigenvalue weighted by Gasteiger charge is 2.27. The van der Waals surface area contributed by atoms with Gasteiger partial charge in [-0.15, -0.1) is 0 Å². The van der Waals surface area contributed by atoms with Gasteiger partial charge in [-0.1, -0.05) is 43.0 Å². The third-order valence-electron chi connectivity index (χ3n) is 7.52. The van der Waals surface area contributed by atoms with E-state index in [1.165, 1.54) is 37.8 Å². The fourth-order valence-corrected chi connectivity index (χ4v) is 5.81. The molecule has 3 heterocycles. The molecule has 7 heteroatoms. The molecule has 2 aromatic carbocycles. The first-order valence-electron chi connectivity index (χ1n) is 12.8. The number of morpholine rings is 1. The van der Waals surface area contributed by atoms with Crippen LogP contribution in [0.1, 0.15) is 37.7 Å². The molecule has 0 radical (unpaired) electrons. The van der Waals surface area contributed by atoms with Gasteiger partial charge >= 0.3 is 0 Å². The second kappa shape index (κ2) is 10.1. The van der Waals surface area contributed by atoms with E-state index in [1.54, 1.807) is 0 Å². The van der Waals surface area contributed by atoms with Crippen molar-refractivity contribution in [1.82, 2.24) is 0 Å². The van der Waals surface area contributed by atoms with Gasteiger partial charge in [0, 0.05) is 47.6 Å². The highest BCUT2D eigenvalue weighted by atomic mass is 35.5. The van der Waals surface area contributed by atoms with Crippen molar-refractivity contribution in [2.45, 2.75) is 32.1 Å². The molecule has 1 amide bonds. The fourth-order valence-electron chi connectivity index (χ4n) is 5.53. The van der Waals surface area contributed by atoms with E-state index < -0.39 is 0 Å². The molecule has 0 bridgehead atoms. The number of amides is 1. The largest absolute Gasteiger partial charge is 0.471 e. The maximum Gasteiger partial charge on any atom is 0.256 e. The van der Waals surface area contributed by atoms with Crippen LogP contribution >= 0.6 is 11.6 Å². The number of carbonyl (C=O) groups excluding carboxylic acids is 1. The average molecular weight is 504 g/mol. The van der Waals surface area contributed by atoms with Crippen molar-refractivity contribution in [3.05, 3.63) is 64.9 Å². The minimum absolute atomic E-state index is 0.146. The van der Waals surface area contributed by atoms with Crippen molar-refractivity contribution in [2.24, 2.45) is 10.9 Å². The second-order valence-electron chi connectivity index (χ2n) is 9.77. The van der Waals surface area contributed by atoms with Crippen LogP contribution in [0.5, 0.6) is 0 Å². The van der Waals surface area contributed by atoms with Crippen LogP contribution in [0.25, 0.3) is 16.7 Å². The summed E-state index contributed by atoms with van der Waals surface area (Å²) in [4.78, 5) is 19.8. The first-order chi connectivity index (χ1) is 17.7. The molecule has 0 atom stereocenters. The van der Waals surface area contributed by atoms with Crippen LogP contribution in [-0.2, 0) is 14.3 Å². The fraction of sp³-hybridized carbons (Fsp3) is 0.379. The number of hydrogen-bond donors (Lipinski definition) is 1. The third-order valence-corrected chi connectivity index (χ3v) is 7.84. The Morgan fingerprint density at radius 3 is 2.58 bits per heavy atom. The molecule has 1 saturated heterocycles. The molecule has 0 unspecified atom stereocenters. The lowest BCUT2D eigenvalue weighted by Gasteiger charge is -2.29.